The molecule has 0 spiro atoms. The first kappa shape index (κ1) is 13.5. The molecule has 0 bridgehead atoms. The Balaban J connectivity index is 2.34. The summed E-state index contributed by atoms with van der Waals surface area (Å²) in [5.41, 5.74) is 3.29. The van der Waals surface area contributed by atoms with E-state index in [2.05, 4.69) is 24.0 Å². The van der Waals surface area contributed by atoms with Crippen LogP contribution in [0.4, 0.5) is 0 Å². The molecular formula is C17H19NO. The van der Waals surface area contributed by atoms with Gasteiger partial charge in [-0.2, -0.15) is 0 Å². The van der Waals surface area contributed by atoms with E-state index in [0.717, 1.165) is 11.3 Å². The first-order chi connectivity index (χ1) is 9.22. The van der Waals surface area contributed by atoms with E-state index in [1.165, 1.54) is 5.56 Å². The summed E-state index contributed by atoms with van der Waals surface area (Å²) in [5.74, 6) is 0.536. The van der Waals surface area contributed by atoms with Crippen LogP contribution in [0.5, 0.6) is 0 Å². The van der Waals surface area contributed by atoms with Crippen molar-refractivity contribution in [3.63, 3.8) is 0 Å². The lowest BCUT2D eigenvalue weighted by Crippen LogP contribution is -2.04. The number of rotatable bonds is 5. The lowest BCUT2D eigenvalue weighted by molar-refractivity contribution is -0.119. The van der Waals surface area contributed by atoms with E-state index in [4.69, 9.17) is 0 Å². The molecule has 1 heterocycles. The molecule has 0 fully saturated rings. The number of ketones is 1. The molecule has 0 saturated carbocycles. The minimum absolute atomic E-state index is 0.227. The highest BCUT2D eigenvalue weighted by Crippen LogP contribution is 2.29. The van der Waals surface area contributed by atoms with Crippen LogP contribution in [-0.4, -0.2) is 10.8 Å². The van der Waals surface area contributed by atoms with Gasteiger partial charge in [0.25, 0.3) is 0 Å². The maximum Gasteiger partial charge on any atom is 0.133 e. The maximum absolute atomic E-state index is 11.6. The van der Waals surface area contributed by atoms with Gasteiger partial charge in [-0.1, -0.05) is 44.2 Å². The molecule has 0 N–H and O–H groups in total. The molecule has 98 valence electrons. The first-order valence-corrected chi connectivity index (χ1v) is 6.74. The molecule has 1 unspecified atom stereocenters. The molecule has 2 rings (SSSR count). The molecule has 0 saturated heterocycles. The maximum atomic E-state index is 11.6. The molecule has 0 amide bonds. The number of nitrogens with zero attached hydrogens (tertiary/aromatic N) is 1. The van der Waals surface area contributed by atoms with Crippen molar-refractivity contribution >= 4 is 5.78 Å². The third kappa shape index (κ3) is 3.28. The summed E-state index contributed by atoms with van der Waals surface area (Å²) in [6, 6.07) is 14.1. The Morgan fingerprint density at radius 3 is 2.58 bits per heavy atom. The third-order valence-electron chi connectivity index (χ3n) is 3.36. The smallest absolute Gasteiger partial charge is 0.133 e. The fourth-order valence-electron chi connectivity index (χ4n) is 2.28. The third-order valence-corrected chi connectivity index (χ3v) is 3.36. The first-order valence-electron chi connectivity index (χ1n) is 6.74. The molecule has 0 radical (unpaired) electrons. The number of Topliss-reactive ketones (excluding diaryl/α,β-unsaturated/α-hetero) is 1. The Hall–Kier alpha value is -1.96. The van der Waals surface area contributed by atoms with Crippen molar-refractivity contribution in [2.45, 2.75) is 32.6 Å². The van der Waals surface area contributed by atoms with Crippen LogP contribution in [0.1, 0.15) is 38.2 Å². The van der Waals surface area contributed by atoms with Gasteiger partial charge in [0, 0.05) is 24.6 Å². The normalized spacial score (nSPS) is 12.1. The van der Waals surface area contributed by atoms with Crippen LogP contribution in [0, 0.1) is 0 Å². The van der Waals surface area contributed by atoms with Crippen LogP contribution in [0.3, 0.4) is 0 Å². The van der Waals surface area contributed by atoms with E-state index < -0.39 is 0 Å². The van der Waals surface area contributed by atoms with Gasteiger partial charge in [-0.15, -0.1) is 0 Å². The standard InChI is InChI=1S/C17H19NO/c1-3-14(19)12-13(2)15-8-4-5-9-16(15)17-10-6-7-11-18-17/h4-11,13H,3,12H2,1-2H3. The molecule has 0 aliphatic carbocycles. The van der Waals surface area contributed by atoms with E-state index in [0.29, 0.717) is 18.6 Å². The molecule has 1 aromatic heterocycles. The SMILES string of the molecule is CCC(=O)CC(C)c1ccccc1-c1ccccn1. The average molecular weight is 253 g/mol. The molecular weight excluding hydrogens is 234 g/mol. The number of hydrogen-bond donors (Lipinski definition) is 0. The summed E-state index contributed by atoms with van der Waals surface area (Å²) in [6.45, 7) is 4.02. The van der Waals surface area contributed by atoms with Gasteiger partial charge < -0.3 is 0 Å². The van der Waals surface area contributed by atoms with Crippen molar-refractivity contribution in [3.8, 4) is 11.3 Å². The Kier molecular flexibility index (Phi) is 4.45. The highest BCUT2D eigenvalue weighted by Gasteiger charge is 2.14. The predicted molar refractivity (Wildman–Crippen MR) is 78.0 cm³/mol. The number of carbonyl (C=O) groups excluding carboxylic acids is 1. The van der Waals surface area contributed by atoms with E-state index >= 15 is 0 Å². The van der Waals surface area contributed by atoms with E-state index in [1.54, 1.807) is 6.20 Å². The number of hydrogen-bond acceptors (Lipinski definition) is 2. The number of pyridine rings is 1. The van der Waals surface area contributed by atoms with Gasteiger partial charge in [0.15, 0.2) is 0 Å². The van der Waals surface area contributed by atoms with Gasteiger partial charge in [-0.3, -0.25) is 9.78 Å². The van der Waals surface area contributed by atoms with E-state index in [-0.39, 0.29) is 5.92 Å². The zero-order valence-electron chi connectivity index (χ0n) is 11.5. The van der Waals surface area contributed by atoms with Crippen LogP contribution in [0.2, 0.25) is 0 Å². The minimum atomic E-state index is 0.227. The molecule has 1 aromatic carbocycles. The second kappa shape index (κ2) is 6.28. The zero-order chi connectivity index (χ0) is 13.7. The Labute approximate surface area is 114 Å². The van der Waals surface area contributed by atoms with E-state index in [1.807, 2.05) is 37.3 Å². The number of carbonyl (C=O) groups is 1. The van der Waals surface area contributed by atoms with Crippen molar-refractivity contribution < 1.29 is 4.79 Å². The highest BCUT2D eigenvalue weighted by molar-refractivity contribution is 5.79. The van der Waals surface area contributed by atoms with Gasteiger partial charge in [0.2, 0.25) is 0 Å². The quantitative estimate of drug-likeness (QED) is 0.798. The van der Waals surface area contributed by atoms with Gasteiger partial charge in [0.05, 0.1) is 5.69 Å². The van der Waals surface area contributed by atoms with Crippen molar-refractivity contribution in [2.24, 2.45) is 0 Å². The summed E-state index contributed by atoms with van der Waals surface area (Å²) < 4.78 is 0. The van der Waals surface area contributed by atoms with Crippen LogP contribution in [-0.2, 0) is 4.79 Å². The summed E-state index contributed by atoms with van der Waals surface area (Å²) >= 11 is 0. The van der Waals surface area contributed by atoms with Gasteiger partial charge >= 0.3 is 0 Å². The van der Waals surface area contributed by atoms with Gasteiger partial charge in [0.1, 0.15) is 5.78 Å². The fourth-order valence-corrected chi connectivity index (χ4v) is 2.28. The topological polar surface area (TPSA) is 30.0 Å². The summed E-state index contributed by atoms with van der Waals surface area (Å²) in [4.78, 5) is 16.0. The van der Waals surface area contributed by atoms with Crippen molar-refractivity contribution in [2.75, 3.05) is 0 Å². The molecule has 0 aliphatic rings. The molecule has 2 nitrogen and oxygen atoms in total. The van der Waals surface area contributed by atoms with Crippen molar-refractivity contribution in [3.05, 3.63) is 54.2 Å². The van der Waals surface area contributed by atoms with Crippen molar-refractivity contribution in [1.29, 1.82) is 0 Å². The summed E-state index contributed by atoms with van der Waals surface area (Å²) in [6.07, 6.45) is 3.00. The number of benzene rings is 1. The average Bonchev–Trinajstić information content (AvgIpc) is 2.48. The molecule has 2 heteroatoms. The van der Waals surface area contributed by atoms with Crippen LogP contribution in [0.15, 0.2) is 48.7 Å². The summed E-state index contributed by atoms with van der Waals surface area (Å²) in [7, 11) is 0. The monoisotopic (exact) mass is 253 g/mol. The fraction of sp³-hybridized carbons (Fsp3) is 0.294. The lowest BCUT2D eigenvalue weighted by Gasteiger charge is -2.15. The highest BCUT2D eigenvalue weighted by atomic mass is 16.1. The summed E-state index contributed by atoms with van der Waals surface area (Å²) in [5, 5.41) is 0. The Morgan fingerprint density at radius 2 is 1.89 bits per heavy atom. The van der Waals surface area contributed by atoms with Crippen LogP contribution >= 0.6 is 0 Å². The molecule has 19 heavy (non-hydrogen) atoms. The minimum Gasteiger partial charge on any atom is -0.300 e. The Morgan fingerprint density at radius 1 is 1.16 bits per heavy atom. The number of aromatic nitrogens is 1. The van der Waals surface area contributed by atoms with Crippen LogP contribution in [0.25, 0.3) is 11.3 Å². The van der Waals surface area contributed by atoms with Gasteiger partial charge in [-0.05, 0) is 23.6 Å². The second-order valence-electron chi connectivity index (χ2n) is 4.80. The second-order valence-corrected chi connectivity index (χ2v) is 4.80. The molecule has 2 aromatic rings. The van der Waals surface area contributed by atoms with Crippen LogP contribution < -0.4 is 0 Å². The zero-order valence-corrected chi connectivity index (χ0v) is 11.5. The lowest BCUT2D eigenvalue weighted by atomic mass is 9.90. The molecule has 0 aliphatic heterocycles. The Bertz CT molecular complexity index is 548. The van der Waals surface area contributed by atoms with E-state index in [9.17, 15) is 4.79 Å². The largest absolute Gasteiger partial charge is 0.300 e. The molecule has 1 atom stereocenters. The van der Waals surface area contributed by atoms with Gasteiger partial charge in [-0.25, -0.2) is 0 Å². The predicted octanol–water partition coefficient (Wildman–Crippen LogP) is 4.22. The van der Waals surface area contributed by atoms with Crippen molar-refractivity contribution in [1.82, 2.24) is 4.98 Å².